The van der Waals surface area contributed by atoms with Crippen molar-refractivity contribution in [3.05, 3.63) is 23.8 Å². The highest BCUT2D eigenvalue weighted by atomic mass is 16.5. The van der Waals surface area contributed by atoms with E-state index in [-0.39, 0.29) is 6.54 Å². The third-order valence-corrected chi connectivity index (χ3v) is 2.54. The molecule has 1 aromatic carbocycles. The van der Waals surface area contributed by atoms with Crippen LogP contribution >= 0.6 is 0 Å². The highest BCUT2D eigenvalue weighted by molar-refractivity contribution is 5.80. The number of aryl methyl sites for hydroxylation is 1. The number of fused-ring (bicyclic) bond motifs is 1. The van der Waals surface area contributed by atoms with Gasteiger partial charge in [-0.05, 0) is 31.5 Å². The molecule has 80 valence electrons. The summed E-state index contributed by atoms with van der Waals surface area (Å²) in [7, 11) is 0. The van der Waals surface area contributed by atoms with Gasteiger partial charge in [-0.3, -0.25) is 0 Å². The summed E-state index contributed by atoms with van der Waals surface area (Å²) in [5, 5.41) is 12.1. The molecule has 0 bridgehead atoms. The molecule has 0 radical (unpaired) electrons. The number of benzene rings is 1. The number of carboxylic acids is 1. The van der Waals surface area contributed by atoms with Gasteiger partial charge in [0.25, 0.3) is 0 Å². The van der Waals surface area contributed by atoms with Crippen molar-refractivity contribution in [3.8, 4) is 5.75 Å². The SMILES string of the molecule is Cc1ccc2c(c1)NCC(C)(C(=O)O)O2. The Morgan fingerprint density at radius 2 is 2.33 bits per heavy atom. The van der Waals surface area contributed by atoms with Crippen LogP contribution in [-0.4, -0.2) is 23.2 Å². The van der Waals surface area contributed by atoms with Crippen molar-refractivity contribution in [2.45, 2.75) is 19.4 Å². The molecule has 1 unspecified atom stereocenters. The minimum atomic E-state index is -1.18. The average Bonchev–Trinajstić information content (AvgIpc) is 2.18. The van der Waals surface area contributed by atoms with Crippen LogP contribution in [0, 0.1) is 6.92 Å². The summed E-state index contributed by atoms with van der Waals surface area (Å²) < 4.78 is 5.47. The Morgan fingerprint density at radius 3 is 3.00 bits per heavy atom. The summed E-state index contributed by atoms with van der Waals surface area (Å²) in [6.45, 7) is 3.82. The molecule has 0 aliphatic carbocycles. The second-order valence-corrected chi connectivity index (χ2v) is 3.99. The number of aliphatic carboxylic acids is 1. The zero-order chi connectivity index (χ0) is 11.1. The van der Waals surface area contributed by atoms with Crippen LogP contribution in [0.5, 0.6) is 5.75 Å². The van der Waals surface area contributed by atoms with Gasteiger partial charge in [0, 0.05) is 0 Å². The lowest BCUT2D eigenvalue weighted by Crippen LogP contribution is -2.49. The van der Waals surface area contributed by atoms with Crippen LogP contribution in [0.2, 0.25) is 0 Å². The first-order valence-corrected chi connectivity index (χ1v) is 4.78. The normalized spacial score (nSPS) is 23.6. The highest BCUT2D eigenvalue weighted by Gasteiger charge is 2.39. The summed E-state index contributed by atoms with van der Waals surface area (Å²) in [6.07, 6.45) is 0. The molecule has 0 amide bonds. The van der Waals surface area contributed by atoms with Gasteiger partial charge in [-0.2, -0.15) is 0 Å². The monoisotopic (exact) mass is 207 g/mol. The molecular weight excluding hydrogens is 194 g/mol. The van der Waals surface area contributed by atoms with Gasteiger partial charge in [0.1, 0.15) is 5.75 Å². The number of ether oxygens (including phenoxy) is 1. The van der Waals surface area contributed by atoms with Crippen LogP contribution in [0.1, 0.15) is 12.5 Å². The van der Waals surface area contributed by atoms with E-state index in [0.717, 1.165) is 11.3 Å². The number of carboxylic acid groups (broad SMARTS) is 1. The maximum absolute atomic E-state index is 11.0. The van der Waals surface area contributed by atoms with E-state index >= 15 is 0 Å². The Hall–Kier alpha value is -1.71. The third-order valence-electron chi connectivity index (χ3n) is 2.54. The van der Waals surface area contributed by atoms with E-state index in [9.17, 15) is 4.79 Å². The number of carbonyl (C=O) groups is 1. The first-order chi connectivity index (χ1) is 7.01. The van der Waals surface area contributed by atoms with E-state index < -0.39 is 11.6 Å². The zero-order valence-corrected chi connectivity index (χ0v) is 8.70. The van der Waals surface area contributed by atoms with Crippen molar-refractivity contribution in [2.75, 3.05) is 11.9 Å². The number of hydrogen-bond acceptors (Lipinski definition) is 3. The van der Waals surface area contributed by atoms with Crippen molar-refractivity contribution in [2.24, 2.45) is 0 Å². The Morgan fingerprint density at radius 1 is 1.60 bits per heavy atom. The van der Waals surface area contributed by atoms with Gasteiger partial charge in [0.05, 0.1) is 12.2 Å². The van der Waals surface area contributed by atoms with Crippen LogP contribution in [0.3, 0.4) is 0 Å². The number of hydrogen-bond donors (Lipinski definition) is 2. The predicted molar refractivity (Wildman–Crippen MR) is 56.3 cm³/mol. The van der Waals surface area contributed by atoms with Gasteiger partial charge < -0.3 is 15.2 Å². The number of rotatable bonds is 1. The van der Waals surface area contributed by atoms with Crippen molar-refractivity contribution in [1.29, 1.82) is 0 Å². The quantitative estimate of drug-likeness (QED) is 0.735. The maximum Gasteiger partial charge on any atom is 0.349 e. The molecule has 0 fully saturated rings. The second-order valence-electron chi connectivity index (χ2n) is 3.99. The zero-order valence-electron chi connectivity index (χ0n) is 8.70. The first kappa shape index (κ1) is 9.83. The summed E-state index contributed by atoms with van der Waals surface area (Å²) in [6, 6.07) is 5.63. The summed E-state index contributed by atoms with van der Waals surface area (Å²) in [5.74, 6) is -0.363. The Labute approximate surface area is 87.9 Å². The molecule has 0 spiro atoms. The summed E-state index contributed by atoms with van der Waals surface area (Å²) in [5.41, 5.74) is 0.792. The topological polar surface area (TPSA) is 58.6 Å². The van der Waals surface area contributed by atoms with Crippen molar-refractivity contribution in [1.82, 2.24) is 0 Å². The molecular formula is C11H13NO3. The fourth-order valence-corrected chi connectivity index (χ4v) is 1.53. The molecule has 0 saturated heterocycles. The first-order valence-electron chi connectivity index (χ1n) is 4.78. The molecule has 4 heteroatoms. The van der Waals surface area contributed by atoms with E-state index in [1.807, 2.05) is 19.1 Å². The molecule has 2 rings (SSSR count). The smallest absolute Gasteiger partial charge is 0.349 e. The lowest BCUT2D eigenvalue weighted by atomic mass is 10.0. The summed E-state index contributed by atoms with van der Waals surface area (Å²) in [4.78, 5) is 11.0. The van der Waals surface area contributed by atoms with Crippen LogP contribution in [-0.2, 0) is 4.79 Å². The molecule has 0 aromatic heterocycles. The molecule has 1 heterocycles. The molecule has 1 atom stereocenters. The fourth-order valence-electron chi connectivity index (χ4n) is 1.53. The second kappa shape index (κ2) is 3.15. The van der Waals surface area contributed by atoms with Crippen molar-refractivity contribution >= 4 is 11.7 Å². The minimum Gasteiger partial charge on any atom is -0.478 e. The van der Waals surface area contributed by atoms with Gasteiger partial charge >= 0.3 is 5.97 Å². The molecule has 4 nitrogen and oxygen atoms in total. The van der Waals surface area contributed by atoms with E-state index in [1.165, 1.54) is 0 Å². The van der Waals surface area contributed by atoms with E-state index in [2.05, 4.69) is 5.32 Å². The van der Waals surface area contributed by atoms with Crippen LogP contribution in [0.25, 0.3) is 0 Å². The molecule has 15 heavy (non-hydrogen) atoms. The lowest BCUT2D eigenvalue weighted by Gasteiger charge is -2.33. The molecule has 2 N–H and O–H groups in total. The molecule has 1 aliphatic heterocycles. The average molecular weight is 207 g/mol. The van der Waals surface area contributed by atoms with E-state index in [4.69, 9.17) is 9.84 Å². The van der Waals surface area contributed by atoms with Crippen molar-refractivity contribution < 1.29 is 14.6 Å². The largest absolute Gasteiger partial charge is 0.478 e. The van der Waals surface area contributed by atoms with Gasteiger partial charge in [-0.1, -0.05) is 6.07 Å². The third kappa shape index (κ3) is 1.63. The maximum atomic E-state index is 11.0. The standard InChI is InChI=1S/C11H13NO3/c1-7-3-4-9-8(5-7)12-6-11(2,15-9)10(13)14/h3-5,12H,6H2,1-2H3,(H,13,14). The Balaban J connectivity index is 2.35. The van der Waals surface area contributed by atoms with Crippen LogP contribution in [0.4, 0.5) is 5.69 Å². The van der Waals surface area contributed by atoms with Gasteiger partial charge in [-0.25, -0.2) is 4.79 Å². The number of anilines is 1. The van der Waals surface area contributed by atoms with Crippen LogP contribution in [0.15, 0.2) is 18.2 Å². The van der Waals surface area contributed by atoms with Crippen LogP contribution < -0.4 is 10.1 Å². The minimum absolute atomic E-state index is 0.277. The van der Waals surface area contributed by atoms with E-state index in [1.54, 1.807) is 13.0 Å². The molecule has 1 aliphatic rings. The fraction of sp³-hybridized carbons (Fsp3) is 0.364. The van der Waals surface area contributed by atoms with Gasteiger partial charge in [0.2, 0.25) is 5.60 Å². The Bertz CT molecular complexity index is 416. The Kier molecular flexibility index (Phi) is 2.07. The van der Waals surface area contributed by atoms with E-state index in [0.29, 0.717) is 5.75 Å². The predicted octanol–water partition coefficient (Wildman–Crippen LogP) is 1.64. The lowest BCUT2D eigenvalue weighted by molar-refractivity contribution is -0.152. The summed E-state index contributed by atoms with van der Waals surface area (Å²) >= 11 is 0. The molecule has 0 saturated carbocycles. The highest BCUT2D eigenvalue weighted by Crippen LogP contribution is 2.33. The number of nitrogens with one attached hydrogen (secondary N) is 1. The van der Waals surface area contributed by atoms with Crippen molar-refractivity contribution in [3.63, 3.8) is 0 Å². The molecule has 1 aromatic rings. The van der Waals surface area contributed by atoms with Gasteiger partial charge in [-0.15, -0.1) is 0 Å². The van der Waals surface area contributed by atoms with Gasteiger partial charge in [0.15, 0.2) is 0 Å².